The minimum absolute atomic E-state index is 0.108. The molecule has 1 fully saturated rings. The molecule has 0 spiro atoms. The summed E-state index contributed by atoms with van der Waals surface area (Å²) in [5, 5.41) is 0. The van der Waals surface area contributed by atoms with Gasteiger partial charge in [0.25, 0.3) is 0 Å². The minimum atomic E-state index is -3.75. The summed E-state index contributed by atoms with van der Waals surface area (Å²) >= 11 is 0. The summed E-state index contributed by atoms with van der Waals surface area (Å²) in [6, 6.07) is 10.6. The summed E-state index contributed by atoms with van der Waals surface area (Å²) < 4.78 is 39.9. The van der Waals surface area contributed by atoms with Gasteiger partial charge < -0.3 is 14.7 Å². The summed E-state index contributed by atoms with van der Waals surface area (Å²) in [6.45, 7) is 9.36. The molecule has 0 atom stereocenters. The SMILES string of the molecule is CCN(CC)c1cc(N2CCCN(C)CC2)ccc1S(=O)(=O)c1ccc(F)cc1. The predicted octanol–water partition coefficient (Wildman–Crippen LogP) is 3.65. The number of likely N-dealkylation sites (N-methyl/N-ethyl adjacent to an activating group) is 1. The molecular formula is C22H30FN3O2S. The molecule has 1 heterocycles. The monoisotopic (exact) mass is 419 g/mol. The quantitative estimate of drug-likeness (QED) is 0.669. The van der Waals surface area contributed by atoms with Crippen molar-refractivity contribution in [2.45, 2.75) is 30.1 Å². The van der Waals surface area contributed by atoms with E-state index >= 15 is 0 Å². The van der Waals surface area contributed by atoms with Crippen LogP contribution in [0.2, 0.25) is 0 Å². The van der Waals surface area contributed by atoms with E-state index in [0.717, 1.165) is 38.3 Å². The van der Waals surface area contributed by atoms with Crippen LogP contribution in [0, 0.1) is 5.82 Å². The third-order valence-corrected chi connectivity index (χ3v) is 7.36. The molecule has 29 heavy (non-hydrogen) atoms. The lowest BCUT2D eigenvalue weighted by molar-refractivity contribution is 0.360. The maximum absolute atomic E-state index is 13.3. The van der Waals surface area contributed by atoms with Crippen LogP contribution in [0.15, 0.2) is 52.3 Å². The Labute approximate surface area is 173 Å². The van der Waals surface area contributed by atoms with Crippen molar-refractivity contribution in [1.82, 2.24) is 4.90 Å². The fraction of sp³-hybridized carbons (Fsp3) is 0.455. The number of sulfone groups is 1. The lowest BCUT2D eigenvalue weighted by Crippen LogP contribution is -2.29. The third-order valence-electron chi connectivity index (χ3n) is 5.54. The molecule has 0 unspecified atom stereocenters. The second-order valence-corrected chi connectivity index (χ2v) is 9.34. The highest BCUT2D eigenvalue weighted by Gasteiger charge is 2.25. The zero-order valence-electron chi connectivity index (χ0n) is 17.4. The van der Waals surface area contributed by atoms with Gasteiger partial charge in [0, 0.05) is 38.4 Å². The van der Waals surface area contributed by atoms with Gasteiger partial charge in [-0.25, -0.2) is 12.8 Å². The van der Waals surface area contributed by atoms with Gasteiger partial charge in [-0.2, -0.15) is 0 Å². The van der Waals surface area contributed by atoms with Crippen molar-refractivity contribution in [1.29, 1.82) is 0 Å². The van der Waals surface area contributed by atoms with E-state index in [1.165, 1.54) is 24.3 Å². The van der Waals surface area contributed by atoms with Crippen molar-refractivity contribution >= 4 is 21.2 Å². The molecule has 2 aromatic rings. The first kappa shape index (κ1) is 21.6. The first-order valence-corrected chi connectivity index (χ1v) is 11.7. The van der Waals surface area contributed by atoms with Gasteiger partial charge in [0.15, 0.2) is 0 Å². The van der Waals surface area contributed by atoms with E-state index in [9.17, 15) is 12.8 Å². The van der Waals surface area contributed by atoms with Crippen molar-refractivity contribution in [2.75, 3.05) is 56.1 Å². The molecule has 0 aliphatic carbocycles. The minimum Gasteiger partial charge on any atom is -0.371 e. The Morgan fingerprint density at radius 3 is 2.31 bits per heavy atom. The van der Waals surface area contributed by atoms with E-state index in [0.29, 0.717) is 18.8 Å². The lowest BCUT2D eigenvalue weighted by atomic mass is 10.2. The van der Waals surface area contributed by atoms with Crippen LogP contribution in [0.1, 0.15) is 20.3 Å². The predicted molar refractivity (Wildman–Crippen MR) is 116 cm³/mol. The summed E-state index contributed by atoms with van der Waals surface area (Å²) in [5.74, 6) is -0.450. The van der Waals surface area contributed by atoms with Crippen LogP contribution in [0.3, 0.4) is 0 Å². The fourth-order valence-corrected chi connectivity index (χ4v) is 5.25. The van der Waals surface area contributed by atoms with Crippen molar-refractivity contribution in [2.24, 2.45) is 0 Å². The molecule has 5 nitrogen and oxygen atoms in total. The highest BCUT2D eigenvalue weighted by Crippen LogP contribution is 2.34. The molecule has 0 saturated carbocycles. The van der Waals surface area contributed by atoms with E-state index in [1.807, 2.05) is 26.0 Å². The molecule has 2 aromatic carbocycles. The van der Waals surface area contributed by atoms with Crippen LogP contribution in [0.5, 0.6) is 0 Å². The Balaban J connectivity index is 2.06. The van der Waals surface area contributed by atoms with Crippen molar-refractivity contribution in [3.05, 3.63) is 48.3 Å². The molecule has 0 radical (unpaired) electrons. The van der Waals surface area contributed by atoms with Crippen LogP contribution in [0.25, 0.3) is 0 Å². The Morgan fingerprint density at radius 2 is 1.66 bits per heavy atom. The van der Waals surface area contributed by atoms with Gasteiger partial charge in [0.2, 0.25) is 9.84 Å². The van der Waals surface area contributed by atoms with E-state index in [2.05, 4.69) is 21.7 Å². The normalized spacial score (nSPS) is 15.9. The molecular weight excluding hydrogens is 389 g/mol. The molecule has 3 rings (SSSR count). The average Bonchev–Trinajstić information content (AvgIpc) is 2.93. The number of hydrogen-bond donors (Lipinski definition) is 0. The van der Waals surface area contributed by atoms with E-state index in [4.69, 9.17) is 0 Å². The molecule has 0 amide bonds. The molecule has 0 bridgehead atoms. The highest BCUT2D eigenvalue weighted by atomic mass is 32.2. The summed E-state index contributed by atoms with van der Waals surface area (Å²) in [4.78, 5) is 7.08. The Hall–Kier alpha value is -2.12. The molecule has 1 aliphatic heterocycles. The van der Waals surface area contributed by atoms with Gasteiger partial charge in [-0.3, -0.25) is 0 Å². The number of hydrogen-bond acceptors (Lipinski definition) is 5. The Bertz CT molecular complexity index is 928. The second kappa shape index (κ2) is 9.13. The fourth-order valence-electron chi connectivity index (χ4n) is 3.79. The number of halogens is 1. The molecule has 158 valence electrons. The standard InChI is InChI=1S/C22H30FN3O2S/c1-4-25(5-2)21-17-19(26-14-6-13-24(3)15-16-26)9-12-22(21)29(27,28)20-10-7-18(23)8-11-20/h7-12,17H,4-6,13-16H2,1-3H3. The van der Waals surface area contributed by atoms with Crippen LogP contribution in [-0.2, 0) is 9.84 Å². The summed E-state index contributed by atoms with van der Waals surface area (Å²) in [5.41, 5.74) is 1.75. The van der Waals surface area contributed by atoms with Crippen LogP contribution in [-0.4, -0.2) is 59.6 Å². The number of benzene rings is 2. The number of nitrogens with zero attached hydrogens (tertiary/aromatic N) is 3. The van der Waals surface area contributed by atoms with Gasteiger partial charge in [0.05, 0.1) is 15.5 Å². The van der Waals surface area contributed by atoms with E-state index < -0.39 is 15.7 Å². The van der Waals surface area contributed by atoms with Crippen molar-refractivity contribution in [3.8, 4) is 0 Å². The number of anilines is 2. The maximum Gasteiger partial charge on any atom is 0.208 e. The first-order chi connectivity index (χ1) is 13.9. The molecule has 7 heteroatoms. The van der Waals surface area contributed by atoms with E-state index in [-0.39, 0.29) is 9.79 Å². The summed E-state index contributed by atoms with van der Waals surface area (Å²) in [7, 11) is -1.62. The Morgan fingerprint density at radius 1 is 0.966 bits per heavy atom. The van der Waals surface area contributed by atoms with Gasteiger partial charge in [-0.15, -0.1) is 0 Å². The van der Waals surface area contributed by atoms with Gasteiger partial charge >= 0.3 is 0 Å². The van der Waals surface area contributed by atoms with Gasteiger partial charge in [-0.1, -0.05) is 0 Å². The largest absolute Gasteiger partial charge is 0.371 e. The smallest absolute Gasteiger partial charge is 0.208 e. The second-order valence-electron chi connectivity index (χ2n) is 7.43. The first-order valence-electron chi connectivity index (χ1n) is 10.2. The topological polar surface area (TPSA) is 43.9 Å². The van der Waals surface area contributed by atoms with E-state index in [1.54, 1.807) is 6.07 Å². The zero-order valence-corrected chi connectivity index (χ0v) is 18.3. The van der Waals surface area contributed by atoms with Crippen LogP contribution in [0.4, 0.5) is 15.8 Å². The van der Waals surface area contributed by atoms with Crippen LogP contribution >= 0.6 is 0 Å². The molecule has 1 aliphatic rings. The molecule has 1 saturated heterocycles. The van der Waals surface area contributed by atoms with Gasteiger partial charge in [-0.05, 0) is 76.3 Å². The third kappa shape index (κ3) is 4.73. The zero-order chi connectivity index (χ0) is 21.0. The highest BCUT2D eigenvalue weighted by molar-refractivity contribution is 7.91. The molecule has 0 N–H and O–H groups in total. The average molecular weight is 420 g/mol. The molecule has 0 aromatic heterocycles. The Kier molecular flexibility index (Phi) is 6.80. The summed E-state index contributed by atoms with van der Waals surface area (Å²) in [6.07, 6.45) is 1.08. The van der Waals surface area contributed by atoms with Gasteiger partial charge in [0.1, 0.15) is 5.82 Å². The van der Waals surface area contributed by atoms with Crippen LogP contribution < -0.4 is 9.80 Å². The number of rotatable bonds is 6. The maximum atomic E-state index is 13.3. The lowest BCUT2D eigenvalue weighted by Gasteiger charge is -2.28. The van der Waals surface area contributed by atoms with Crippen molar-refractivity contribution in [3.63, 3.8) is 0 Å². The van der Waals surface area contributed by atoms with Crippen molar-refractivity contribution < 1.29 is 12.8 Å².